The van der Waals surface area contributed by atoms with Crippen LogP contribution in [-0.2, 0) is 5.54 Å². The molecule has 0 spiro atoms. The summed E-state index contributed by atoms with van der Waals surface area (Å²) >= 11 is 0. The van der Waals surface area contributed by atoms with Crippen LogP contribution in [0.4, 0.5) is 5.82 Å². The first-order chi connectivity index (χ1) is 8.62. The number of anilines is 1. The van der Waals surface area contributed by atoms with Gasteiger partial charge in [-0.3, -0.25) is 0 Å². The number of nitrogens with zero attached hydrogens (tertiary/aromatic N) is 5. The molecule has 0 unspecified atom stereocenters. The van der Waals surface area contributed by atoms with Crippen LogP contribution in [0, 0.1) is 0 Å². The lowest BCUT2D eigenvalue weighted by Crippen LogP contribution is -2.25. The van der Waals surface area contributed by atoms with Crippen molar-refractivity contribution in [2.24, 2.45) is 0 Å². The molecule has 5 nitrogen and oxygen atoms in total. The third-order valence-electron chi connectivity index (χ3n) is 4.00. The van der Waals surface area contributed by atoms with Gasteiger partial charge in [0.2, 0.25) is 0 Å². The van der Waals surface area contributed by atoms with Crippen molar-refractivity contribution >= 4 is 17.0 Å². The summed E-state index contributed by atoms with van der Waals surface area (Å²) in [6.45, 7) is 2.30. The summed E-state index contributed by atoms with van der Waals surface area (Å²) < 4.78 is 2.24. The Bertz CT molecular complexity index is 566. The van der Waals surface area contributed by atoms with E-state index in [1.54, 1.807) is 6.33 Å². The van der Waals surface area contributed by atoms with E-state index >= 15 is 0 Å². The minimum atomic E-state index is 0.173. The van der Waals surface area contributed by atoms with Crippen molar-refractivity contribution in [2.75, 3.05) is 19.0 Å². The van der Waals surface area contributed by atoms with E-state index in [-0.39, 0.29) is 5.54 Å². The zero-order chi connectivity index (χ0) is 12.8. The Labute approximate surface area is 107 Å². The van der Waals surface area contributed by atoms with Gasteiger partial charge in [0.1, 0.15) is 6.33 Å². The van der Waals surface area contributed by atoms with Crippen LogP contribution in [0.25, 0.3) is 11.2 Å². The minimum Gasteiger partial charge on any atom is -0.361 e. The molecule has 3 rings (SSSR count). The molecule has 0 aliphatic heterocycles. The normalized spacial score (nSPS) is 18.4. The van der Waals surface area contributed by atoms with E-state index < -0.39 is 0 Å². The van der Waals surface area contributed by atoms with Crippen LogP contribution >= 0.6 is 0 Å². The van der Waals surface area contributed by atoms with Crippen LogP contribution in [0.15, 0.2) is 12.7 Å². The summed E-state index contributed by atoms with van der Waals surface area (Å²) in [5, 5.41) is 0. The number of aromatic nitrogens is 4. The van der Waals surface area contributed by atoms with Gasteiger partial charge < -0.3 is 9.47 Å². The Morgan fingerprint density at radius 1 is 1.17 bits per heavy atom. The maximum Gasteiger partial charge on any atom is 0.165 e. The Balaban J connectivity index is 2.18. The zero-order valence-corrected chi connectivity index (χ0v) is 11.2. The zero-order valence-electron chi connectivity index (χ0n) is 11.2. The largest absolute Gasteiger partial charge is 0.361 e. The lowest BCUT2D eigenvalue weighted by Gasteiger charge is -2.25. The molecule has 1 aliphatic rings. The second-order valence-electron chi connectivity index (χ2n) is 5.58. The van der Waals surface area contributed by atoms with Crippen LogP contribution in [0.3, 0.4) is 0 Å². The summed E-state index contributed by atoms with van der Waals surface area (Å²) in [6, 6.07) is 0. The molecule has 1 saturated carbocycles. The van der Waals surface area contributed by atoms with E-state index in [4.69, 9.17) is 0 Å². The monoisotopic (exact) mass is 245 g/mol. The van der Waals surface area contributed by atoms with Crippen LogP contribution < -0.4 is 4.90 Å². The van der Waals surface area contributed by atoms with E-state index in [2.05, 4.69) is 26.4 Å². The molecule has 1 aliphatic carbocycles. The number of fused-ring (bicyclic) bond motifs is 1. The van der Waals surface area contributed by atoms with Gasteiger partial charge in [-0.15, -0.1) is 0 Å². The van der Waals surface area contributed by atoms with Crippen LogP contribution in [0.1, 0.15) is 32.6 Å². The maximum absolute atomic E-state index is 4.53. The van der Waals surface area contributed by atoms with Crippen molar-refractivity contribution in [3.8, 4) is 0 Å². The highest BCUT2D eigenvalue weighted by atomic mass is 15.2. The van der Waals surface area contributed by atoms with Gasteiger partial charge in [0, 0.05) is 19.6 Å². The highest BCUT2D eigenvalue weighted by Crippen LogP contribution is 2.38. The molecule has 0 bridgehead atoms. The van der Waals surface area contributed by atoms with E-state index in [0.717, 1.165) is 17.0 Å². The third kappa shape index (κ3) is 1.57. The molecule has 2 aromatic rings. The van der Waals surface area contributed by atoms with Gasteiger partial charge in [-0.2, -0.15) is 0 Å². The van der Waals surface area contributed by atoms with Crippen molar-refractivity contribution in [1.82, 2.24) is 19.5 Å². The summed E-state index contributed by atoms with van der Waals surface area (Å²) in [6.07, 6.45) is 8.56. The van der Waals surface area contributed by atoms with E-state index in [9.17, 15) is 0 Å². The Morgan fingerprint density at radius 2 is 1.89 bits per heavy atom. The first kappa shape index (κ1) is 11.4. The molecule has 0 N–H and O–H groups in total. The fourth-order valence-electron chi connectivity index (χ4n) is 2.92. The molecule has 2 aromatic heterocycles. The molecule has 0 radical (unpaired) electrons. The van der Waals surface area contributed by atoms with Crippen molar-refractivity contribution < 1.29 is 0 Å². The average Bonchev–Trinajstić information content (AvgIpc) is 2.94. The third-order valence-corrected chi connectivity index (χ3v) is 4.00. The number of hydrogen-bond donors (Lipinski definition) is 0. The van der Waals surface area contributed by atoms with Gasteiger partial charge >= 0.3 is 0 Å². The predicted octanol–water partition coefficient (Wildman–Crippen LogP) is 2.18. The van der Waals surface area contributed by atoms with E-state index in [0.29, 0.717) is 0 Å². The fourth-order valence-corrected chi connectivity index (χ4v) is 2.92. The van der Waals surface area contributed by atoms with Crippen LogP contribution in [0.5, 0.6) is 0 Å². The van der Waals surface area contributed by atoms with Crippen molar-refractivity contribution in [3.05, 3.63) is 12.7 Å². The Hall–Kier alpha value is -1.65. The lowest BCUT2D eigenvalue weighted by atomic mass is 10.0. The Kier molecular flexibility index (Phi) is 2.50. The number of hydrogen-bond acceptors (Lipinski definition) is 4. The predicted molar refractivity (Wildman–Crippen MR) is 71.8 cm³/mol. The molecule has 1 fully saturated rings. The lowest BCUT2D eigenvalue weighted by molar-refractivity contribution is 0.336. The summed E-state index contributed by atoms with van der Waals surface area (Å²) in [5.41, 5.74) is 2.03. The molecule has 5 heteroatoms. The number of rotatable bonds is 2. The smallest absolute Gasteiger partial charge is 0.165 e. The molecule has 0 aromatic carbocycles. The average molecular weight is 245 g/mol. The molecule has 2 heterocycles. The number of imidazole rings is 1. The molecular formula is C13H19N5. The SMILES string of the molecule is CN(C)c1ncnc2c1ncn2C1(C)CCCC1. The van der Waals surface area contributed by atoms with Gasteiger partial charge in [-0.05, 0) is 19.8 Å². The second-order valence-corrected chi connectivity index (χ2v) is 5.58. The van der Waals surface area contributed by atoms with Gasteiger partial charge in [0.05, 0.1) is 6.33 Å². The first-order valence-electron chi connectivity index (χ1n) is 6.48. The molecular weight excluding hydrogens is 226 g/mol. The quantitative estimate of drug-likeness (QED) is 0.813. The van der Waals surface area contributed by atoms with Crippen molar-refractivity contribution in [3.63, 3.8) is 0 Å². The van der Waals surface area contributed by atoms with E-state index in [1.807, 2.05) is 25.3 Å². The van der Waals surface area contributed by atoms with Crippen molar-refractivity contribution in [1.29, 1.82) is 0 Å². The fraction of sp³-hybridized carbons (Fsp3) is 0.615. The van der Waals surface area contributed by atoms with Gasteiger partial charge in [0.25, 0.3) is 0 Å². The molecule has 96 valence electrons. The summed E-state index contributed by atoms with van der Waals surface area (Å²) in [4.78, 5) is 15.3. The van der Waals surface area contributed by atoms with Crippen molar-refractivity contribution in [2.45, 2.75) is 38.1 Å². The van der Waals surface area contributed by atoms with Crippen LogP contribution in [-0.4, -0.2) is 33.6 Å². The summed E-state index contributed by atoms with van der Waals surface area (Å²) in [7, 11) is 3.97. The maximum atomic E-state index is 4.53. The molecule has 0 saturated heterocycles. The minimum absolute atomic E-state index is 0.173. The highest BCUT2D eigenvalue weighted by Gasteiger charge is 2.32. The van der Waals surface area contributed by atoms with E-state index in [1.165, 1.54) is 25.7 Å². The van der Waals surface area contributed by atoms with Crippen LogP contribution in [0.2, 0.25) is 0 Å². The molecule has 18 heavy (non-hydrogen) atoms. The van der Waals surface area contributed by atoms with Gasteiger partial charge in [0.15, 0.2) is 17.0 Å². The Morgan fingerprint density at radius 3 is 2.56 bits per heavy atom. The van der Waals surface area contributed by atoms with Gasteiger partial charge in [-0.25, -0.2) is 15.0 Å². The van der Waals surface area contributed by atoms with Gasteiger partial charge in [-0.1, -0.05) is 12.8 Å². The standard InChI is InChI=1S/C13H19N5/c1-13(6-4-5-7-13)18-9-16-10-11(17(2)3)14-8-15-12(10)18/h8-9H,4-7H2,1-3H3. The molecule has 0 amide bonds. The highest BCUT2D eigenvalue weighted by molar-refractivity contribution is 5.83. The topological polar surface area (TPSA) is 46.8 Å². The second kappa shape index (κ2) is 3.93. The molecule has 0 atom stereocenters. The first-order valence-corrected chi connectivity index (χ1v) is 6.48. The summed E-state index contributed by atoms with van der Waals surface area (Å²) in [5.74, 6) is 0.889.